The first-order valence-corrected chi connectivity index (χ1v) is 10.3. The molecule has 1 amide bonds. The number of thioether (sulfide) groups is 1. The van der Waals surface area contributed by atoms with Crippen LogP contribution in [0.5, 0.6) is 0 Å². The minimum atomic E-state index is -0.187. The smallest absolute Gasteiger partial charge is 0.267 e. The van der Waals surface area contributed by atoms with E-state index in [4.69, 9.17) is 17.2 Å². The number of piperazine rings is 1. The van der Waals surface area contributed by atoms with Crippen LogP contribution in [0.15, 0.2) is 28.0 Å². The summed E-state index contributed by atoms with van der Waals surface area (Å²) in [5, 5.41) is 0. The lowest BCUT2D eigenvalue weighted by molar-refractivity contribution is -0.121. The maximum Gasteiger partial charge on any atom is 0.267 e. The second-order valence-corrected chi connectivity index (χ2v) is 8.75. The molecule has 0 unspecified atom stereocenters. The number of carbonyl (C=O) groups excluding carboxylic acids is 1. The van der Waals surface area contributed by atoms with Crippen LogP contribution in [0.3, 0.4) is 0 Å². The van der Waals surface area contributed by atoms with Crippen LogP contribution in [0.4, 0.5) is 5.82 Å². The third-order valence-electron chi connectivity index (χ3n) is 5.13. The molecular formula is C19H21N5O2S2. The molecule has 0 radical (unpaired) electrons. The number of pyridine rings is 1. The van der Waals surface area contributed by atoms with Crippen molar-refractivity contribution in [2.45, 2.75) is 6.92 Å². The van der Waals surface area contributed by atoms with Gasteiger partial charge in [-0.2, -0.15) is 0 Å². The normalized spacial score (nSPS) is 20.0. The maximum absolute atomic E-state index is 13.3. The van der Waals surface area contributed by atoms with E-state index in [9.17, 15) is 9.59 Å². The van der Waals surface area contributed by atoms with E-state index in [2.05, 4.69) is 16.8 Å². The molecule has 2 aliphatic rings. The lowest BCUT2D eigenvalue weighted by Crippen LogP contribution is -2.45. The summed E-state index contributed by atoms with van der Waals surface area (Å²) < 4.78 is 2.04. The summed E-state index contributed by atoms with van der Waals surface area (Å²) in [7, 11) is 3.73. The number of amides is 1. The predicted octanol–water partition coefficient (Wildman–Crippen LogP) is 1.59. The number of hydrogen-bond acceptors (Lipinski definition) is 7. The highest BCUT2D eigenvalue weighted by Crippen LogP contribution is 2.32. The first-order valence-electron chi connectivity index (χ1n) is 9.04. The summed E-state index contributed by atoms with van der Waals surface area (Å²) in [6.07, 6.45) is 3.37. The minimum Gasteiger partial charge on any atom is -0.353 e. The Hall–Kier alpha value is -2.23. The average Bonchev–Trinajstić information content (AvgIpc) is 2.92. The van der Waals surface area contributed by atoms with E-state index in [1.165, 1.54) is 16.7 Å². The fourth-order valence-electron chi connectivity index (χ4n) is 3.36. The zero-order valence-corrected chi connectivity index (χ0v) is 17.6. The van der Waals surface area contributed by atoms with Crippen LogP contribution in [0.1, 0.15) is 11.1 Å². The Morgan fingerprint density at radius 2 is 1.89 bits per heavy atom. The topological polar surface area (TPSA) is 61.2 Å². The third kappa shape index (κ3) is 3.23. The Morgan fingerprint density at radius 3 is 2.54 bits per heavy atom. The van der Waals surface area contributed by atoms with Gasteiger partial charge in [0.2, 0.25) is 0 Å². The van der Waals surface area contributed by atoms with E-state index >= 15 is 0 Å². The number of nitrogens with zero attached hydrogens (tertiary/aromatic N) is 5. The number of likely N-dealkylation sites (N-methyl/N-ethyl adjacent to an activating group) is 2. The van der Waals surface area contributed by atoms with Crippen LogP contribution in [0.25, 0.3) is 11.7 Å². The molecule has 146 valence electrons. The van der Waals surface area contributed by atoms with Crippen LogP contribution < -0.4 is 10.5 Å². The van der Waals surface area contributed by atoms with Crippen molar-refractivity contribution >= 4 is 51.7 Å². The zero-order valence-electron chi connectivity index (χ0n) is 16.0. The van der Waals surface area contributed by atoms with Crippen molar-refractivity contribution in [3.63, 3.8) is 0 Å². The number of thiocarbonyl (C=S) groups is 1. The number of fused-ring (bicyclic) bond motifs is 1. The van der Waals surface area contributed by atoms with E-state index in [-0.39, 0.29) is 11.5 Å². The van der Waals surface area contributed by atoms with Gasteiger partial charge in [-0.3, -0.25) is 18.9 Å². The molecule has 2 aliphatic heterocycles. The molecule has 2 saturated heterocycles. The summed E-state index contributed by atoms with van der Waals surface area (Å²) in [5.41, 5.74) is 1.83. The minimum absolute atomic E-state index is 0.177. The first kappa shape index (κ1) is 19.1. The van der Waals surface area contributed by atoms with Crippen LogP contribution in [-0.4, -0.2) is 69.7 Å². The monoisotopic (exact) mass is 415 g/mol. The van der Waals surface area contributed by atoms with Gasteiger partial charge in [0.15, 0.2) is 0 Å². The average molecular weight is 416 g/mol. The van der Waals surface area contributed by atoms with Crippen molar-refractivity contribution in [3.8, 4) is 0 Å². The molecule has 0 spiro atoms. The highest BCUT2D eigenvalue weighted by atomic mass is 32.2. The SMILES string of the molecule is Cc1cccn2c(=O)c(/C=C3\SC(=S)N(C)C3=O)c(N3CCN(C)CC3)nc12. The van der Waals surface area contributed by atoms with Gasteiger partial charge in [-0.15, -0.1) is 0 Å². The number of carbonyl (C=O) groups is 1. The van der Waals surface area contributed by atoms with Crippen LogP contribution >= 0.6 is 24.0 Å². The summed E-state index contributed by atoms with van der Waals surface area (Å²) in [5.74, 6) is 0.446. The Balaban J connectivity index is 1.92. The van der Waals surface area contributed by atoms with Crippen molar-refractivity contribution in [2.24, 2.45) is 0 Å². The molecule has 0 aromatic carbocycles. The molecule has 7 nitrogen and oxygen atoms in total. The molecule has 0 N–H and O–H groups in total. The lowest BCUT2D eigenvalue weighted by Gasteiger charge is -2.34. The molecule has 0 aliphatic carbocycles. The van der Waals surface area contributed by atoms with Crippen LogP contribution in [-0.2, 0) is 4.79 Å². The van der Waals surface area contributed by atoms with Crippen molar-refractivity contribution in [2.75, 3.05) is 45.2 Å². The van der Waals surface area contributed by atoms with Crippen LogP contribution in [0, 0.1) is 6.92 Å². The van der Waals surface area contributed by atoms with Gasteiger partial charge < -0.3 is 9.80 Å². The largest absolute Gasteiger partial charge is 0.353 e. The fourth-order valence-corrected chi connectivity index (χ4v) is 4.52. The molecule has 28 heavy (non-hydrogen) atoms. The molecule has 9 heteroatoms. The van der Waals surface area contributed by atoms with Gasteiger partial charge in [-0.1, -0.05) is 30.0 Å². The third-order valence-corrected chi connectivity index (χ3v) is 6.61. The number of hydrogen-bond donors (Lipinski definition) is 0. The van der Waals surface area contributed by atoms with Crippen molar-refractivity contribution < 1.29 is 4.79 Å². The second kappa shape index (κ2) is 7.31. The fraction of sp³-hybridized carbons (Fsp3) is 0.368. The van der Waals surface area contributed by atoms with Gasteiger partial charge >= 0.3 is 0 Å². The molecular weight excluding hydrogens is 394 g/mol. The number of rotatable bonds is 2. The maximum atomic E-state index is 13.3. The Morgan fingerprint density at radius 1 is 1.18 bits per heavy atom. The molecule has 0 atom stereocenters. The van der Waals surface area contributed by atoms with Crippen molar-refractivity contribution in [3.05, 3.63) is 44.7 Å². The molecule has 2 aromatic heterocycles. The number of aromatic nitrogens is 2. The standard InChI is InChI=1S/C19H21N5O2S2/c1-12-5-4-6-24-15(12)20-16(23-9-7-21(2)8-10-23)13(17(24)25)11-14-18(26)22(3)19(27)28-14/h4-6,11H,7-10H2,1-3H3/b14-11-. The van der Waals surface area contributed by atoms with E-state index in [0.717, 1.165) is 31.7 Å². The summed E-state index contributed by atoms with van der Waals surface area (Å²) in [6.45, 7) is 5.29. The van der Waals surface area contributed by atoms with E-state index in [1.807, 2.05) is 19.1 Å². The van der Waals surface area contributed by atoms with Gasteiger partial charge in [0.05, 0.1) is 10.5 Å². The lowest BCUT2D eigenvalue weighted by atomic mass is 10.2. The predicted molar refractivity (Wildman–Crippen MR) is 117 cm³/mol. The van der Waals surface area contributed by atoms with Crippen molar-refractivity contribution in [1.29, 1.82) is 0 Å². The number of aryl methyl sites for hydroxylation is 1. The van der Waals surface area contributed by atoms with Gasteiger partial charge in [0.1, 0.15) is 15.8 Å². The first-order chi connectivity index (χ1) is 13.4. The summed E-state index contributed by atoms with van der Waals surface area (Å²) in [4.78, 5) is 36.9. The van der Waals surface area contributed by atoms with Crippen LogP contribution in [0.2, 0.25) is 0 Å². The molecule has 2 aromatic rings. The molecule has 2 fully saturated rings. The highest BCUT2D eigenvalue weighted by Gasteiger charge is 2.30. The summed E-state index contributed by atoms with van der Waals surface area (Å²) in [6, 6.07) is 3.77. The zero-order chi connectivity index (χ0) is 20.0. The molecule has 0 saturated carbocycles. The quantitative estimate of drug-likeness (QED) is 0.545. The van der Waals surface area contributed by atoms with Gasteiger partial charge in [0.25, 0.3) is 11.5 Å². The highest BCUT2D eigenvalue weighted by molar-refractivity contribution is 8.26. The van der Waals surface area contributed by atoms with Gasteiger partial charge in [-0.05, 0) is 31.7 Å². The summed E-state index contributed by atoms with van der Waals surface area (Å²) >= 11 is 6.44. The van der Waals surface area contributed by atoms with E-state index < -0.39 is 0 Å². The Bertz CT molecular complexity index is 1070. The molecule has 4 rings (SSSR count). The molecule has 0 bridgehead atoms. The Kier molecular flexibility index (Phi) is 4.98. The molecule has 4 heterocycles. The van der Waals surface area contributed by atoms with Gasteiger partial charge in [0, 0.05) is 39.4 Å². The van der Waals surface area contributed by atoms with E-state index in [1.54, 1.807) is 23.7 Å². The van der Waals surface area contributed by atoms with Crippen molar-refractivity contribution in [1.82, 2.24) is 19.2 Å². The second-order valence-electron chi connectivity index (χ2n) is 7.07. The Labute approximate surface area is 172 Å². The van der Waals surface area contributed by atoms with E-state index in [0.29, 0.717) is 26.3 Å². The van der Waals surface area contributed by atoms with Gasteiger partial charge in [-0.25, -0.2) is 4.98 Å². The number of anilines is 1.